The minimum atomic E-state index is -1.51. The van der Waals surface area contributed by atoms with Crippen molar-refractivity contribution in [3.05, 3.63) is 155 Å². The van der Waals surface area contributed by atoms with Gasteiger partial charge in [-0.2, -0.15) is 0 Å². The molecule has 68 heavy (non-hydrogen) atoms. The predicted molar refractivity (Wildman–Crippen MR) is 262 cm³/mol. The minimum Gasteiger partial charge on any atom is -0.490 e. The average Bonchev–Trinajstić information content (AvgIpc) is 3.37. The largest absolute Gasteiger partial charge is 0.490 e. The molecule has 1 amide bonds. The quantitative estimate of drug-likeness (QED) is 0.0255. The Labute approximate surface area is 398 Å². The van der Waals surface area contributed by atoms with Gasteiger partial charge in [-0.05, 0) is 114 Å². The van der Waals surface area contributed by atoms with Gasteiger partial charge in [0.2, 0.25) is 18.0 Å². The molecule has 4 aromatic rings. The Morgan fingerprint density at radius 1 is 0.941 bits per heavy atom. The number of amides is 1. The van der Waals surface area contributed by atoms with E-state index < -0.39 is 29.0 Å². The van der Waals surface area contributed by atoms with Crippen LogP contribution in [0, 0.1) is 27.9 Å². The summed E-state index contributed by atoms with van der Waals surface area (Å²) in [6, 6.07) is 25.3. The number of nitro benzene ring substituents is 1. The number of unbranched alkanes of at least 4 members (excludes halogenated alkanes) is 2. The van der Waals surface area contributed by atoms with Crippen molar-refractivity contribution < 1.29 is 43.7 Å². The van der Waals surface area contributed by atoms with Crippen LogP contribution in [-0.2, 0) is 25.7 Å². The number of nitrogens with zero attached hydrogens (tertiary/aromatic N) is 3. The molecule has 2 aliphatic carbocycles. The smallest absolute Gasteiger partial charge is 0.269 e. The molecule has 1 unspecified atom stereocenters. The van der Waals surface area contributed by atoms with E-state index in [2.05, 4.69) is 43.5 Å². The Morgan fingerprint density at radius 3 is 2.47 bits per heavy atom. The van der Waals surface area contributed by atoms with E-state index in [1.165, 1.54) is 18.2 Å². The molecule has 2 fully saturated rings. The van der Waals surface area contributed by atoms with Gasteiger partial charge in [0.05, 0.1) is 29.8 Å². The molecule has 8 rings (SSSR count). The SMILES string of the molecule is C=CCOc1ccc2c(c1)[C@H]1[C@H](CCCCO)[C@@H](CCCCO)C=C3C(=NOC4CCCCO4)C[C@H](N(Cc4cccc5ccccc45)C(=O)C=Cc4ccc([N+](=O)[O-])cc4)[C@@](OCC=C)(O2)[C@H]31. The van der Waals surface area contributed by atoms with E-state index in [4.69, 9.17) is 28.9 Å². The molecule has 2 heterocycles. The maximum absolute atomic E-state index is 15.4. The molecule has 13 heteroatoms. The number of nitro groups is 1. The maximum atomic E-state index is 15.4. The van der Waals surface area contributed by atoms with Gasteiger partial charge < -0.3 is 38.9 Å². The highest BCUT2D eigenvalue weighted by Gasteiger charge is 2.65. The lowest BCUT2D eigenvalue weighted by atomic mass is 9.55. The van der Waals surface area contributed by atoms with Crippen LogP contribution >= 0.6 is 0 Å². The highest BCUT2D eigenvalue weighted by molar-refractivity contribution is 6.03. The summed E-state index contributed by atoms with van der Waals surface area (Å²) < 4.78 is 26.9. The van der Waals surface area contributed by atoms with Crippen LogP contribution in [-0.4, -0.2) is 82.8 Å². The molecule has 358 valence electrons. The van der Waals surface area contributed by atoms with E-state index >= 15 is 4.79 Å². The number of benzene rings is 4. The van der Waals surface area contributed by atoms with Crippen LogP contribution in [0.5, 0.6) is 11.5 Å². The number of aliphatic hydroxyl groups excluding tert-OH is 2. The average molecular weight is 926 g/mol. The molecule has 0 bridgehead atoms. The molecule has 0 radical (unpaired) electrons. The van der Waals surface area contributed by atoms with Crippen LogP contribution in [0.15, 0.2) is 133 Å². The number of rotatable bonds is 22. The Hall–Kier alpha value is -6.12. The summed E-state index contributed by atoms with van der Waals surface area (Å²) in [5.74, 6) is -1.29. The molecular weight excluding hydrogens is 863 g/mol. The normalized spacial score (nSPS) is 24.6. The lowest BCUT2D eigenvalue weighted by molar-refractivity contribution is -0.384. The highest BCUT2D eigenvalue weighted by Crippen LogP contribution is 2.62. The van der Waals surface area contributed by atoms with Crippen LogP contribution in [0.1, 0.15) is 86.8 Å². The lowest BCUT2D eigenvalue weighted by Crippen LogP contribution is -2.70. The second-order valence-electron chi connectivity index (χ2n) is 18.1. The van der Waals surface area contributed by atoms with Crippen molar-refractivity contribution in [3.8, 4) is 11.5 Å². The zero-order valence-corrected chi connectivity index (χ0v) is 38.7. The molecule has 0 aromatic heterocycles. The standard InChI is InChI=1S/C55H63N3O10/c1-3-31-64-43-26-27-49-47(35-43)53-45(19-8-11-30-60)40(15-7-10-29-59)34-46-48(56-68-52-20-9-12-33-65-52)36-50(55(67-49,54(46)53)66-32-4-2)57(37-41-17-13-16-39-14-5-6-18-44(39)41)51(61)28-23-38-21-24-42(25-22-38)58(62)63/h3-6,13-14,16-18,21-28,34-35,40,45,50,52-54,59-60H,1-2,7-12,15,19-20,29-33,36-37H2/t40-,45+,50-,52?,53+,54+,55+/m0/s1. The van der Waals surface area contributed by atoms with Gasteiger partial charge in [-0.3, -0.25) is 14.9 Å². The summed E-state index contributed by atoms with van der Waals surface area (Å²) in [5.41, 5.74) is 4.01. The number of carbonyl (C=O) groups excluding carboxylic acids is 1. The van der Waals surface area contributed by atoms with Crippen molar-refractivity contribution in [1.82, 2.24) is 4.90 Å². The van der Waals surface area contributed by atoms with Crippen LogP contribution in [0.25, 0.3) is 16.8 Å². The van der Waals surface area contributed by atoms with E-state index in [0.717, 1.165) is 66.0 Å². The van der Waals surface area contributed by atoms with Crippen LogP contribution in [0.2, 0.25) is 0 Å². The van der Waals surface area contributed by atoms with E-state index in [0.29, 0.717) is 55.3 Å². The van der Waals surface area contributed by atoms with Crippen molar-refractivity contribution in [1.29, 1.82) is 0 Å². The van der Waals surface area contributed by atoms with Gasteiger partial charge in [0, 0.05) is 62.3 Å². The third-order valence-corrected chi connectivity index (χ3v) is 13.8. The van der Waals surface area contributed by atoms with Gasteiger partial charge in [-0.25, -0.2) is 0 Å². The van der Waals surface area contributed by atoms with Crippen LogP contribution in [0.3, 0.4) is 0 Å². The lowest BCUT2D eigenvalue weighted by Gasteiger charge is -2.60. The summed E-state index contributed by atoms with van der Waals surface area (Å²) in [5, 5.41) is 38.6. The van der Waals surface area contributed by atoms with Crippen molar-refractivity contribution in [3.63, 3.8) is 0 Å². The second-order valence-corrected chi connectivity index (χ2v) is 18.1. The molecule has 1 saturated carbocycles. The van der Waals surface area contributed by atoms with Gasteiger partial charge in [0.15, 0.2) is 0 Å². The number of hydrogen-bond acceptors (Lipinski definition) is 11. The molecule has 13 nitrogen and oxygen atoms in total. The summed E-state index contributed by atoms with van der Waals surface area (Å²) in [6.45, 7) is 9.27. The number of allylic oxidation sites excluding steroid dienone is 1. The van der Waals surface area contributed by atoms with Crippen LogP contribution in [0.4, 0.5) is 5.69 Å². The second kappa shape index (κ2) is 22.8. The maximum Gasteiger partial charge on any atom is 0.269 e. The van der Waals surface area contributed by atoms with Crippen molar-refractivity contribution in [2.24, 2.45) is 22.9 Å². The molecule has 4 aromatic carbocycles. The summed E-state index contributed by atoms with van der Waals surface area (Å²) >= 11 is 0. The number of aliphatic hydroxyl groups is 2. The first-order valence-electron chi connectivity index (χ1n) is 24.1. The first-order chi connectivity index (χ1) is 33.3. The summed E-state index contributed by atoms with van der Waals surface area (Å²) in [4.78, 5) is 34.7. The fourth-order valence-electron chi connectivity index (χ4n) is 10.7. The molecule has 4 aliphatic rings. The zero-order chi connectivity index (χ0) is 47.5. The van der Waals surface area contributed by atoms with E-state index in [1.54, 1.807) is 30.4 Å². The van der Waals surface area contributed by atoms with Gasteiger partial charge in [0.1, 0.15) is 24.1 Å². The van der Waals surface area contributed by atoms with Crippen molar-refractivity contribution in [2.45, 2.75) is 94.8 Å². The molecule has 2 aliphatic heterocycles. The number of fused-ring (bicyclic) bond motifs is 3. The number of carbonyl (C=O) groups is 1. The number of oxime groups is 1. The minimum absolute atomic E-state index is 0.0184. The van der Waals surface area contributed by atoms with Gasteiger partial charge >= 0.3 is 0 Å². The van der Waals surface area contributed by atoms with E-state index in [-0.39, 0.29) is 62.1 Å². The topological polar surface area (TPSA) is 162 Å². The Kier molecular flexibility index (Phi) is 16.2. The Balaban J connectivity index is 1.36. The summed E-state index contributed by atoms with van der Waals surface area (Å²) in [6.07, 6.45) is 15.6. The Bertz CT molecular complexity index is 2490. The van der Waals surface area contributed by atoms with Gasteiger partial charge in [0.25, 0.3) is 5.69 Å². The Morgan fingerprint density at radius 2 is 1.72 bits per heavy atom. The summed E-state index contributed by atoms with van der Waals surface area (Å²) in [7, 11) is 0. The third kappa shape index (κ3) is 10.6. The van der Waals surface area contributed by atoms with Crippen molar-refractivity contribution in [2.75, 3.05) is 33.0 Å². The molecule has 7 atom stereocenters. The third-order valence-electron chi connectivity index (χ3n) is 13.8. The molecule has 1 saturated heterocycles. The van der Waals surface area contributed by atoms with Gasteiger partial charge in [-0.1, -0.05) is 85.3 Å². The van der Waals surface area contributed by atoms with E-state index in [9.17, 15) is 20.3 Å². The molecule has 0 spiro atoms. The van der Waals surface area contributed by atoms with E-state index in [1.807, 2.05) is 41.3 Å². The zero-order valence-electron chi connectivity index (χ0n) is 38.7. The monoisotopic (exact) mass is 925 g/mol. The fraction of sp³-hybridized carbons (Fsp3) is 0.418. The number of ether oxygens (including phenoxy) is 4. The number of non-ortho nitro benzene ring substituents is 1. The van der Waals surface area contributed by atoms with Crippen LogP contribution < -0.4 is 9.47 Å². The number of hydrogen-bond donors (Lipinski definition) is 2. The van der Waals surface area contributed by atoms with Crippen molar-refractivity contribution >= 4 is 34.2 Å². The first-order valence-corrected chi connectivity index (χ1v) is 24.1. The molecular formula is C55H63N3O10. The van der Waals surface area contributed by atoms with Gasteiger partial charge in [-0.15, -0.1) is 6.58 Å². The molecule has 2 N–H and O–H groups in total. The predicted octanol–water partition coefficient (Wildman–Crippen LogP) is 10.2. The fourth-order valence-corrected chi connectivity index (χ4v) is 10.7. The highest BCUT2D eigenvalue weighted by atomic mass is 16.8. The first kappa shape index (κ1) is 48.3.